The van der Waals surface area contributed by atoms with Crippen LogP contribution in [0.25, 0.3) is 0 Å². The van der Waals surface area contributed by atoms with Gasteiger partial charge in [-0.1, -0.05) is 52.1 Å². The van der Waals surface area contributed by atoms with E-state index in [2.05, 4.69) is 5.16 Å². The fourth-order valence-electron chi connectivity index (χ4n) is 2.37. The highest BCUT2D eigenvalue weighted by molar-refractivity contribution is 6.55. The highest BCUT2D eigenvalue weighted by atomic mass is 35.5. The lowest BCUT2D eigenvalue weighted by Crippen LogP contribution is -2.04. The first-order chi connectivity index (χ1) is 14.7. The Kier molecular flexibility index (Phi) is 9.81. The minimum absolute atomic E-state index is 0.119. The molecule has 2 aromatic rings. The zero-order valence-corrected chi connectivity index (χ0v) is 18.7. The van der Waals surface area contributed by atoms with Crippen LogP contribution in [0.2, 0.25) is 5.02 Å². The van der Waals surface area contributed by atoms with Crippen molar-refractivity contribution >= 4 is 41.0 Å². The van der Waals surface area contributed by atoms with Crippen LogP contribution in [0.4, 0.5) is 13.2 Å². The molecule has 2 aromatic carbocycles. The molecule has 0 aromatic heterocycles. The van der Waals surface area contributed by atoms with Crippen molar-refractivity contribution in [2.45, 2.75) is 19.5 Å². The van der Waals surface area contributed by atoms with Gasteiger partial charge in [-0.2, -0.15) is 13.2 Å². The molecule has 0 spiro atoms. The zero-order chi connectivity index (χ0) is 22.9. The molecule has 0 amide bonds. The molecule has 0 fully saturated rings. The molecular weight excluding hydrogens is 478 g/mol. The van der Waals surface area contributed by atoms with Crippen LogP contribution in [-0.4, -0.2) is 26.0 Å². The van der Waals surface area contributed by atoms with E-state index in [0.29, 0.717) is 35.1 Å². The third kappa shape index (κ3) is 8.89. The van der Waals surface area contributed by atoms with Crippen molar-refractivity contribution in [1.29, 1.82) is 0 Å². The summed E-state index contributed by atoms with van der Waals surface area (Å²) in [4.78, 5) is 5.10. The Balaban J connectivity index is 1.73. The van der Waals surface area contributed by atoms with Crippen LogP contribution in [0.1, 0.15) is 23.1 Å². The fourth-order valence-corrected chi connectivity index (χ4v) is 2.81. The summed E-state index contributed by atoms with van der Waals surface area (Å²) in [7, 11) is 0. The van der Waals surface area contributed by atoms with E-state index in [-0.39, 0.29) is 17.7 Å². The lowest BCUT2D eigenvalue weighted by Gasteiger charge is -2.13. The van der Waals surface area contributed by atoms with Gasteiger partial charge in [-0.25, -0.2) is 0 Å². The molecule has 0 N–H and O–H groups in total. The number of halogens is 6. The summed E-state index contributed by atoms with van der Waals surface area (Å²) in [6.07, 6.45) is -0.988. The van der Waals surface area contributed by atoms with Crippen LogP contribution < -0.4 is 9.47 Å². The number of ether oxygens (including phenoxy) is 2. The van der Waals surface area contributed by atoms with E-state index in [1.165, 1.54) is 24.4 Å². The molecule has 0 aliphatic heterocycles. The number of alkyl halides is 3. The average molecular weight is 497 g/mol. The Labute approximate surface area is 193 Å². The third-order valence-corrected chi connectivity index (χ3v) is 4.42. The molecule has 0 saturated carbocycles. The van der Waals surface area contributed by atoms with Crippen LogP contribution in [0.3, 0.4) is 0 Å². The smallest absolute Gasteiger partial charge is 0.416 e. The van der Waals surface area contributed by atoms with Gasteiger partial charge in [0, 0.05) is 12.5 Å². The molecule has 0 bridgehead atoms. The van der Waals surface area contributed by atoms with Gasteiger partial charge in [0.2, 0.25) is 0 Å². The van der Waals surface area contributed by atoms with Crippen molar-refractivity contribution in [2.24, 2.45) is 5.16 Å². The van der Waals surface area contributed by atoms with Gasteiger partial charge in [0.1, 0.15) is 29.2 Å². The summed E-state index contributed by atoms with van der Waals surface area (Å²) in [5.41, 5.74) is 0.579. The summed E-state index contributed by atoms with van der Waals surface area (Å²) in [5, 5.41) is 4.14. The second-order valence-electron chi connectivity index (χ2n) is 6.25. The lowest BCUT2D eigenvalue weighted by atomic mass is 10.1. The molecular formula is C21H19Cl3F3NO3. The molecule has 0 aliphatic carbocycles. The predicted octanol–water partition coefficient (Wildman–Crippen LogP) is 7.18. The number of benzene rings is 2. The van der Waals surface area contributed by atoms with Crippen LogP contribution >= 0.6 is 34.8 Å². The fraction of sp³-hybridized carbons (Fsp3) is 0.286. The number of oxime groups is 1. The first-order valence-corrected chi connectivity index (χ1v) is 10.2. The van der Waals surface area contributed by atoms with E-state index in [0.717, 1.165) is 17.7 Å². The van der Waals surface area contributed by atoms with E-state index in [1.807, 2.05) is 6.92 Å². The number of rotatable bonds is 10. The second-order valence-corrected chi connectivity index (χ2v) is 7.66. The Morgan fingerprint density at radius 3 is 2.39 bits per heavy atom. The minimum Gasteiger partial charge on any atom is -0.492 e. The van der Waals surface area contributed by atoms with Crippen molar-refractivity contribution in [3.63, 3.8) is 0 Å². The molecule has 0 unspecified atom stereocenters. The second kappa shape index (κ2) is 12.1. The normalized spacial score (nSPS) is 11.5. The molecule has 0 aliphatic rings. The maximum atomic E-state index is 12.5. The van der Waals surface area contributed by atoms with Gasteiger partial charge in [0.25, 0.3) is 0 Å². The highest BCUT2D eigenvalue weighted by Crippen LogP contribution is 2.33. The Hall–Kier alpha value is -2.09. The van der Waals surface area contributed by atoms with Crippen LogP contribution in [0.15, 0.2) is 52.1 Å². The average Bonchev–Trinajstić information content (AvgIpc) is 2.68. The third-order valence-electron chi connectivity index (χ3n) is 3.83. The molecule has 4 nitrogen and oxygen atoms in total. The first kappa shape index (κ1) is 25.2. The van der Waals surface area contributed by atoms with E-state index >= 15 is 0 Å². The van der Waals surface area contributed by atoms with Gasteiger partial charge in [0.05, 0.1) is 23.4 Å². The molecule has 0 atom stereocenters. The van der Waals surface area contributed by atoms with Gasteiger partial charge in [-0.15, -0.1) is 0 Å². The maximum Gasteiger partial charge on any atom is 0.416 e. The van der Waals surface area contributed by atoms with Gasteiger partial charge in [-0.3, -0.25) is 0 Å². The molecule has 0 heterocycles. The van der Waals surface area contributed by atoms with Crippen molar-refractivity contribution in [3.8, 4) is 11.5 Å². The lowest BCUT2D eigenvalue weighted by molar-refractivity contribution is -0.137. The van der Waals surface area contributed by atoms with Crippen molar-refractivity contribution in [2.75, 3.05) is 19.8 Å². The Morgan fingerprint density at radius 2 is 1.77 bits per heavy atom. The topological polar surface area (TPSA) is 40.0 Å². The van der Waals surface area contributed by atoms with Crippen LogP contribution in [-0.2, 0) is 11.0 Å². The van der Waals surface area contributed by atoms with Crippen molar-refractivity contribution in [3.05, 3.63) is 68.7 Å². The predicted molar refractivity (Wildman–Crippen MR) is 117 cm³/mol. The van der Waals surface area contributed by atoms with E-state index in [1.54, 1.807) is 12.1 Å². The number of nitrogens with zero attached hydrogens (tertiary/aromatic N) is 1. The maximum absolute atomic E-state index is 12.5. The highest BCUT2D eigenvalue weighted by Gasteiger charge is 2.29. The minimum atomic E-state index is -4.36. The summed E-state index contributed by atoms with van der Waals surface area (Å²) < 4.78 is 48.9. The summed E-state index contributed by atoms with van der Waals surface area (Å²) in [5.74, 6) is 1.09. The SMILES string of the molecule is Cc1cc(OCC=C(Cl)Cl)cc(Cl)c1OCCCO/N=C/c1ccc(C(F)(F)F)cc1. The van der Waals surface area contributed by atoms with Gasteiger partial charge in [0.15, 0.2) is 0 Å². The molecule has 10 heteroatoms. The van der Waals surface area contributed by atoms with Crippen LogP contribution in [0, 0.1) is 6.92 Å². The molecule has 2 rings (SSSR count). The Bertz CT molecular complexity index is 889. The quantitative estimate of drug-likeness (QED) is 0.199. The van der Waals surface area contributed by atoms with E-state index in [9.17, 15) is 13.2 Å². The monoisotopic (exact) mass is 495 g/mol. The Morgan fingerprint density at radius 1 is 1.06 bits per heavy atom. The number of aryl methyl sites for hydroxylation is 1. The largest absolute Gasteiger partial charge is 0.492 e. The van der Waals surface area contributed by atoms with E-state index in [4.69, 9.17) is 49.1 Å². The summed E-state index contributed by atoms with van der Waals surface area (Å²) >= 11 is 17.3. The molecule has 0 saturated heterocycles. The van der Waals surface area contributed by atoms with Crippen LogP contribution in [0.5, 0.6) is 11.5 Å². The van der Waals surface area contributed by atoms with Crippen molar-refractivity contribution < 1.29 is 27.5 Å². The summed E-state index contributed by atoms with van der Waals surface area (Å²) in [6, 6.07) is 8.02. The zero-order valence-electron chi connectivity index (χ0n) is 16.4. The van der Waals surface area contributed by atoms with Crippen molar-refractivity contribution in [1.82, 2.24) is 0 Å². The summed E-state index contributed by atoms with van der Waals surface area (Å²) in [6.45, 7) is 2.65. The number of hydrogen-bond acceptors (Lipinski definition) is 4. The number of hydrogen-bond donors (Lipinski definition) is 0. The molecule has 0 radical (unpaired) electrons. The standard InChI is InChI=1S/C21H19Cl3F3NO3/c1-14-11-17(29-10-7-19(23)24)12-18(22)20(14)30-8-2-9-31-28-13-15-3-5-16(6-4-15)21(25,26)27/h3-7,11-13H,2,8-10H2,1H3/b28-13+. The van der Waals surface area contributed by atoms with E-state index < -0.39 is 11.7 Å². The van der Waals surface area contributed by atoms with Gasteiger partial charge < -0.3 is 14.3 Å². The van der Waals surface area contributed by atoms with Gasteiger partial charge >= 0.3 is 6.18 Å². The van der Waals surface area contributed by atoms with Gasteiger partial charge in [-0.05, 0) is 42.3 Å². The molecule has 168 valence electrons. The first-order valence-electron chi connectivity index (χ1n) is 9.06. The molecule has 31 heavy (non-hydrogen) atoms.